The Morgan fingerprint density at radius 1 is 1.12 bits per heavy atom. The molecule has 1 N–H and O–H groups in total. The van der Waals surface area contributed by atoms with Crippen LogP contribution in [0.4, 0.5) is 19.0 Å². The van der Waals surface area contributed by atoms with Crippen LogP contribution >= 0.6 is 11.6 Å². The number of hydrogen-bond donors (Lipinski definition) is 1. The smallest absolute Gasteiger partial charge is 0.442 e. The first-order valence-electron chi connectivity index (χ1n) is 12.1. The first-order valence-corrected chi connectivity index (χ1v) is 12.5. The Balaban J connectivity index is 2.08. The van der Waals surface area contributed by atoms with Crippen LogP contribution in [-0.2, 0) is 24.8 Å². The summed E-state index contributed by atoms with van der Waals surface area (Å²) in [6.07, 6.45) is -5.59. The van der Waals surface area contributed by atoms with E-state index in [1.165, 1.54) is 33.2 Å². The van der Waals surface area contributed by atoms with E-state index in [1.807, 2.05) is 12.1 Å². The van der Waals surface area contributed by atoms with Gasteiger partial charge in [-0.1, -0.05) is 36.7 Å². The van der Waals surface area contributed by atoms with Crippen LogP contribution in [0.1, 0.15) is 18.1 Å². The number of aromatic nitrogens is 2. The monoisotopic (exact) mass is 583 g/mol. The van der Waals surface area contributed by atoms with E-state index in [9.17, 15) is 27.9 Å². The third-order valence-corrected chi connectivity index (χ3v) is 6.10. The van der Waals surface area contributed by atoms with Crippen molar-refractivity contribution in [3.8, 4) is 11.5 Å². The summed E-state index contributed by atoms with van der Waals surface area (Å²) in [6.45, 7) is 2.89. The van der Waals surface area contributed by atoms with E-state index >= 15 is 0 Å². The van der Waals surface area contributed by atoms with Gasteiger partial charge in [-0.2, -0.15) is 4.99 Å². The van der Waals surface area contributed by atoms with Crippen molar-refractivity contribution < 1.29 is 32.5 Å². The Hall–Kier alpha value is -3.61. The first-order chi connectivity index (χ1) is 18.8. The van der Waals surface area contributed by atoms with Crippen LogP contribution < -0.4 is 20.7 Å². The predicted octanol–water partition coefficient (Wildman–Crippen LogP) is 4.40. The van der Waals surface area contributed by atoms with Gasteiger partial charge in [0.05, 0.1) is 24.8 Å². The van der Waals surface area contributed by atoms with Crippen LogP contribution in [0.2, 0.25) is 5.02 Å². The average Bonchev–Trinajstić information content (AvgIpc) is 2.88. The minimum absolute atomic E-state index is 0.00198. The minimum Gasteiger partial charge on any atom is -0.442 e. The van der Waals surface area contributed by atoms with E-state index in [0.29, 0.717) is 11.4 Å². The zero-order chi connectivity index (χ0) is 29.6. The molecule has 0 aliphatic heterocycles. The summed E-state index contributed by atoms with van der Waals surface area (Å²) in [4.78, 5) is 30.6. The van der Waals surface area contributed by atoms with Gasteiger partial charge in [-0.15, -0.1) is 13.2 Å². The van der Waals surface area contributed by atoms with E-state index in [1.54, 1.807) is 19.1 Å². The lowest BCUT2D eigenvalue weighted by atomic mass is 10.0. The molecule has 3 aromatic rings. The number of alkyl halides is 3. The Kier molecular flexibility index (Phi) is 10.2. The highest BCUT2D eigenvalue weighted by atomic mass is 35.5. The number of rotatable bonds is 10. The van der Waals surface area contributed by atoms with Gasteiger partial charge in [0.2, 0.25) is 0 Å². The maximum Gasteiger partial charge on any atom is 0.573 e. The third-order valence-electron chi connectivity index (χ3n) is 5.84. The van der Waals surface area contributed by atoms with Gasteiger partial charge in [-0.3, -0.25) is 13.9 Å². The van der Waals surface area contributed by atoms with Gasteiger partial charge in [0.1, 0.15) is 17.3 Å². The summed E-state index contributed by atoms with van der Waals surface area (Å²) >= 11 is 5.99. The van der Waals surface area contributed by atoms with Gasteiger partial charge < -0.3 is 19.3 Å². The van der Waals surface area contributed by atoms with Gasteiger partial charge in [0, 0.05) is 31.2 Å². The van der Waals surface area contributed by atoms with Crippen LogP contribution in [0.3, 0.4) is 0 Å². The Labute approximate surface area is 233 Å². The van der Waals surface area contributed by atoms with Gasteiger partial charge in [0.25, 0.3) is 5.56 Å². The molecule has 13 heteroatoms. The fourth-order valence-corrected chi connectivity index (χ4v) is 4.06. The van der Waals surface area contributed by atoms with Gasteiger partial charge in [-0.05, 0) is 43.2 Å². The number of nitrogens with zero attached hydrogens (tertiary/aromatic N) is 3. The summed E-state index contributed by atoms with van der Waals surface area (Å²) in [6, 6.07) is 12.0. The highest BCUT2D eigenvalue weighted by Gasteiger charge is 2.31. The standard InChI is InChI=1S/C27H29ClF3N3O6/c1-16(12-18-8-10-19(28)11-9-18)24(39-21-6-5-7-22(13-21)40-27(29,30)31)32-23-17(2)25(36)34(26(37)33(23)3)14-20(35)15-38-4/h5-11,13,16,20,35H,12,14-15H2,1-4H3/t16-,20?/m0/s1. The third kappa shape index (κ3) is 8.20. The molecule has 3 rings (SSSR count). The second kappa shape index (κ2) is 13.2. The first kappa shape index (κ1) is 30.9. The molecule has 0 amide bonds. The van der Waals surface area contributed by atoms with Crippen LogP contribution in [0.5, 0.6) is 11.5 Å². The SMILES string of the molecule is COCC(O)Cn1c(=O)c(C)c(N=C(Oc2cccc(OC(F)(F)F)c2)[C@@H](C)Cc2ccc(Cl)cc2)n(C)c1=O. The van der Waals surface area contributed by atoms with E-state index in [4.69, 9.17) is 21.1 Å². The van der Waals surface area contributed by atoms with Crippen molar-refractivity contribution in [2.45, 2.75) is 39.3 Å². The normalized spacial score (nSPS) is 13.7. The lowest BCUT2D eigenvalue weighted by molar-refractivity contribution is -0.274. The van der Waals surface area contributed by atoms with Crippen molar-refractivity contribution in [1.82, 2.24) is 9.13 Å². The number of methoxy groups -OCH3 is 1. The molecule has 0 saturated carbocycles. The highest BCUT2D eigenvalue weighted by molar-refractivity contribution is 6.30. The van der Waals surface area contributed by atoms with E-state index in [2.05, 4.69) is 9.73 Å². The van der Waals surface area contributed by atoms with Gasteiger partial charge >= 0.3 is 12.1 Å². The zero-order valence-corrected chi connectivity index (χ0v) is 23.0. The van der Waals surface area contributed by atoms with Crippen molar-refractivity contribution in [1.29, 1.82) is 0 Å². The second-order valence-corrected chi connectivity index (χ2v) is 9.56. The molecule has 0 bridgehead atoms. The predicted molar refractivity (Wildman–Crippen MR) is 144 cm³/mol. The molecule has 1 aromatic heterocycles. The lowest BCUT2D eigenvalue weighted by Gasteiger charge is -2.19. The van der Waals surface area contributed by atoms with Crippen molar-refractivity contribution in [2.75, 3.05) is 13.7 Å². The maximum absolute atomic E-state index is 13.1. The van der Waals surface area contributed by atoms with Gasteiger partial charge in [-0.25, -0.2) is 4.79 Å². The number of hydrogen-bond acceptors (Lipinski definition) is 7. The van der Waals surface area contributed by atoms with Crippen molar-refractivity contribution in [2.24, 2.45) is 18.0 Å². The fraction of sp³-hybridized carbons (Fsp3) is 0.370. The number of benzene rings is 2. The van der Waals surface area contributed by atoms with Crippen LogP contribution in [0, 0.1) is 12.8 Å². The van der Waals surface area contributed by atoms with Crippen molar-refractivity contribution in [3.05, 3.63) is 85.5 Å². The topological polar surface area (TPSA) is 104 Å². The largest absolute Gasteiger partial charge is 0.573 e. The van der Waals surface area contributed by atoms with Crippen molar-refractivity contribution >= 4 is 23.3 Å². The highest BCUT2D eigenvalue weighted by Crippen LogP contribution is 2.28. The molecule has 2 atom stereocenters. The molecule has 0 radical (unpaired) electrons. The molecule has 1 unspecified atom stereocenters. The summed E-state index contributed by atoms with van der Waals surface area (Å²) in [5.41, 5.74) is -0.423. The number of aliphatic imine (C=N–C) groups is 1. The van der Waals surface area contributed by atoms with Crippen LogP contribution in [0.15, 0.2) is 63.1 Å². The number of aliphatic hydroxyl groups is 1. The van der Waals surface area contributed by atoms with E-state index < -0.39 is 35.4 Å². The molecule has 1 heterocycles. The quantitative estimate of drug-likeness (QED) is 0.280. The molecule has 0 aliphatic rings. The molecule has 0 spiro atoms. The Bertz CT molecular complexity index is 1430. The molecule has 2 aromatic carbocycles. The summed E-state index contributed by atoms with van der Waals surface area (Å²) in [7, 11) is 2.79. The molecule has 0 fully saturated rings. The number of halogens is 4. The fourth-order valence-electron chi connectivity index (χ4n) is 3.94. The molecule has 216 valence electrons. The zero-order valence-electron chi connectivity index (χ0n) is 22.2. The number of ether oxygens (including phenoxy) is 3. The maximum atomic E-state index is 13.1. The Morgan fingerprint density at radius 2 is 1.77 bits per heavy atom. The molecule has 9 nitrogen and oxygen atoms in total. The molecular weight excluding hydrogens is 555 g/mol. The molecule has 0 aliphatic carbocycles. The van der Waals surface area contributed by atoms with Crippen molar-refractivity contribution in [3.63, 3.8) is 0 Å². The minimum atomic E-state index is -4.90. The molecule has 0 saturated heterocycles. The van der Waals surface area contributed by atoms with Gasteiger partial charge in [0.15, 0.2) is 5.90 Å². The van der Waals surface area contributed by atoms with E-state index in [0.717, 1.165) is 26.8 Å². The molecule has 40 heavy (non-hydrogen) atoms. The lowest BCUT2D eigenvalue weighted by Crippen LogP contribution is -2.43. The second-order valence-electron chi connectivity index (χ2n) is 9.12. The summed E-state index contributed by atoms with van der Waals surface area (Å²) in [5.74, 6) is -0.923. The Morgan fingerprint density at radius 3 is 2.40 bits per heavy atom. The van der Waals surface area contributed by atoms with E-state index in [-0.39, 0.29) is 36.2 Å². The summed E-state index contributed by atoms with van der Waals surface area (Å²) in [5, 5.41) is 10.6. The summed E-state index contributed by atoms with van der Waals surface area (Å²) < 4.78 is 55.1. The average molecular weight is 584 g/mol. The molecular formula is C27H29ClF3N3O6. The van der Waals surface area contributed by atoms with Crippen LogP contribution in [0.25, 0.3) is 0 Å². The van der Waals surface area contributed by atoms with Crippen LogP contribution in [-0.4, -0.2) is 46.3 Å². The number of aliphatic hydroxyl groups excluding tert-OH is 1.